The molecule has 0 bridgehead atoms. The number of aliphatic imine (C=N–C) groups is 1. The van der Waals surface area contributed by atoms with Crippen molar-refractivity contribution in [3.05, 3.63) is 0 Å². The van der Waals surface area contributed by atoms with E-state index in [0.717, 1.165) is 44.7 Å². The van der Waals surface area contributed by atoms with Gasteiger partial charge < -0.3 is 20.1 Å². The Morgan fingerprint density at radius 3 is 2.83 bits per heavy atom. The van der Waals surface area contributed by atoms with Gasteiger partial charge in [0.2, 0.25) is 0 Å². The van der Waals surface area contributed by atoms with Crippen LogP contribution < -0.4 is 10.6 Å². The molecule has 24 heavy (non-hydrogen) atoms. The molecule has 5 heteroatoms. The molecule has 0 amide bonds. The molecule has 1 saturated heterocycles. The van der Waals surface area contributed by atoms with Gasteiger partial charge in [0.05, 0.1) is 6.10 Å². The smallest absolute Gasteiger partial charge is 0.191 e. The minimum absolute atomic E-state index is 0.381. The lowest BCUT2D eigenvalue weighted by Gasteiger charge is -2.57. The number of fused-ring (bicyclic) bond motifs is 2. The molecule has 4 aliphatic rings. The third-order valence-electron chi connectivity index (χ3n) is 6.61. The van der Waals surface area contributed by atoms with E-state index in [0.29, 0.717) is 23.5 Å². The van der Waals surface area contributed by atoms with Crippen LogP contribution in [0.15, 0.2) is 4.99 Å². The standard InChI is InChI=1S/C19H33N3O2/c1-20-18(21-10-4-11-23-13-14-5-6-14)22-16-15-7-12-24-17(15)19(16)8-2-3-9-19/h14-17H,2-13H2,1H3,(H2,20,21,22). The molecule has 5 nitrogen and oxygen atoms in total. The van der Waals surface area contributed by atoms with Crippen LogP contribution in [0.2, 0.25) is 0 Å². The lowest BCUT2D eigenvalue weighted by molar-refractivity contribution is -0.125. The van der Waals surface area contributed by atoms with E-state index >= 15 is 0 Å². The van der Waals surface area contributed by atoms with Crippen LogP contribution in [0, 0.1) is 17.3 Å². The van der Waals surface area contributed by atoms with Crippen LogP contribution in [0.1, 0.15) is 51.4 Å². The molecule has 2 N–H and O–H groups in total. The maximum absolute atomic E-state index is 6.07. The third kappa shape index (κ3) is 3.17. The summed E-state index contributed by atoms with van der Waals surface area (Å²) in [7, 11) is 1.88. The zero-order chi connectivity index (χ0) is 16.4. The fourth-order valence-electron chi connectivity index (χ4n) is 5.16. The van der Waals surface area contributed by atoms with Gasteiger partial charge in [-0.15, -0.1) is 0 Å². The maximum Gasteiger partial charge on any atom is 0.191 e. The van der Waals surface area contributed by atoms with Gasteiger partial charge in [0.1, 0.15) is 0 Å². The van der Waals surface area contributed by atoms with Crippen molar-refractivity contribution < 1.29 is 9.47 Å². The minimum Gasteiger partial charge on any atom is -0.381 e. The van der Waals surface area contributed by atoms with E-state index in [1.165, 1.54) is 44.9 Å². The molecule has 3 saturated carbocycles. The van der Waals surface area contributed by atoms with Crippen molar-refractivity contribution in [2.75, 3.05) is 33.4 Å². The molecular weight excluding hydrogens is 302 g/mol. The first-order valence-corrected chi connectivity index (χ1v) is 10.00. The monoisotopic (exact) mass is 335 g/mol. The van der Waals surface area contributed by atoms with Crippen molar-refractivity contribution in [1.29, 1.82) is 0 Å². The van der Waals surface area contributed by atoms with Gasteiger partial charge in [-0.05, 0) is 44.4 Å². The Hall–Kier alpha value is -0.810. The molecule has 3 unspecified atom stereocenters. The summed E-state index contributed by atoms with van der Waals surface area (Å²) in [5.74, 6) is 2.50. The molecule has 0 aromatic heterocycles. The zero-order valence-electron chi connectivity index (χ0n) is 15.1. The quantitative estimate of drug-likeness (QED) is 0.426. The number of hydrogen-bond donors (Lipinski definition) is 2. The third-order valence-corrected chi connectivity index (χ3v) is 6.61. The number of rotatable bonds is 7. The Bertz CT molecular complexity index is 458. The van der Waals surface area contributed by atoms with Gasteiger partial charge in [0, 0.05) is 50.8 Å². The minimum atomic E-state index is 0.381. The molecule has 4 rings (SSSR count). The molecule has 4 fully saturated rings. The Morgan fingerprint density at radius 1 is 1.25 bits per heavy atom. The predicted molar refractivity (Wildman–Crippen MR) is 95.2 cm³/mol. The first-order valence-electron chi connectivity index (χ1n) is 10.00. The first kappa shape index (κ1) is 16.6. The summed E-state index contributed by atoms with van der Waals surface area (Å²) in [4.78, 5) is 4.45. The SMILES string of the molecule is CN=C(NCCCOCC1CC1)NC1C2CCOC2C12CCCC2. The molecule has 1 aliphatic heterocycles. The van der Waals surface area contributed by atoms with E-state index in [9.17, 15) is 0 Å². The van der Waals surface area contributed by atoms with Crippen LogP contribution in [0.3, 0.4) is 0 Å². The van der Waals surface area contributed by atoms with E-state index in [-0.39, 0.29) is 0 Å². The predicted octanol–water partition coefficient (Wildman–Crippen LogP) is 2.32. The van der Waals surface area contributed by atoms with E-state index in [1.54, 1.807) is 0 Å². The Labute approximate surface area is 146 Å². The molecule has 0 aromatic carbocycles. The highest BCUT2D eigenvalue weighted by molar-refractivity contribution is 5.80. The number of nitrogens with one attached hydrogen (secondary N) is 2. The van der Waals surface area contributed by atoms with Crippen molar-refractivity contribution in [1.82, 2.24) is 10.6 Å². The normalized spacial score (nSPS) is 34.2. The van der Waals surface area contributed by atoms with Crippen LogP contribution in [0.4, 0.5) is 0 Å². The van der Waals surface area contributed by atoms with Crippen LogP contribution >= 0.6 is 0 Å². The van der Waals surface area contributed by atoms with Gasteiger partial charge in [-0.2, -0.15) is 0 Å². The lowest BCUT2D eigenvalue weighted by atomic mass is 9.54. The average Bonchev–Trinajstić information content (AvgIpc) is 3.10. The summed E-state index contributed by atoms with van der Waals surface area (Å²) in [5.41, 5.74) is 0.381. The fourth-order valence-corrected chi connectivity index (χ4v) is 5.16. The van der Waals surface area contributed by atoms with Gasteiger partial charge in [-0.25, -0.2) is 0 Å². The summed E-state index contributed by atoms with van der Waals surface area (Å²) >= 11 is 0. The second-order valence-electron chi connectivity index (χ2n) is 8.18. The van der Waals surface area contributed by atoms with Crippen LogP contribution in [-0.2, 0) is 9.47 Å². The van der Waals surface area contributed by atoms with Crippen LogP contribution in [0.25, 0.3) is 0 Å². The first-order chi connectivity index (χ1) is 11.8. The highest BCUT2D eigenvalue weighted by Gasteiger charge is 2.65. The highest BCUT2D eigenvalue weighted by Crippen LogP contribution is 2.60. The summed E-state index contributed by atoms with van der Waals surface area (Å²) in [5, 5.41) is 7.22. The second kappa shape index (κ2) is 7.20. The van der Waals surface area contributed by atoms with Crippen molar-refractivity contribution >= 4 is 5.96 Å². The Morgan fingerprint density at radius 2 is 2.08 bits per heavy atom. The van der Waals surface area contributed by atoms with Crippen molar-refractivity contribution in [2.45, 2.75) is 63.5 Å². The van der Waals surface area contributed by atoms with Crippen molar-refractivity contribution in [3.63, 3.8) is 0 Å². The van der Waals surface area contributed by atoms with Crippen LogP contribution in [-0.4, -0.2) is 51.5 Å². The molecule has 3 atom stereocenters. The number of guanidine groups is 1. The molecule has 136 valence electrons. The van der Waals surface area contributed by atoms with E-state index in [2.05, 4.69) is 15.6 Å². The summed E-state index contributed by atoms with van der Waals surface area (Å²) in [6.45, 7) is 3.68. The number of nitrogens with zero attached hydrogens (tertiary/aromatic N) is 1. The van der Waals surface area contributed by atoms with Gasteiger partial charge in [0.25, 0.3) is 0 Å². The Kier molecular flexibility index (Phi) is 5.00. The highest BCUT2D eigenvalue weighted by atomic mass is 16.5. The topological polar surface area (TPSA) is 54.9 Å². The van der Waals surface area contributed by atoms with Gasteiger partial charge in [-0.1, -0.05) is 12.8 Å². The van der Waals surface area contributed by atoms with Gasteiger partial charge >= 0.3 is 0 Å². The van der Waals surface area contributed by atoms with E-state index in [4.69, 9.17) is 9.47 Å². The molecule has 0 radical (unpaired) electrons. The summed E-state index contributed by atoms with van der Waals surface area (Å²) in [6.07, 6.45) is 10.8. The number of ether oxygens (including phenoxy) is 2. The zero-order valence-corrected chi connectivity index (χ0v) is 15.1. The largest absolute Gasteiger partial charge is 0.381 e. The molecule has 0 aromatic rings. The molecule has 1 spiro atoms. The van der Waals surface area contributed by atoms with Crippen LogP contribution in [0.5, 0.6) is 0 Å². The van der Waals surface area contributed by atoms with Crippen molar-refractivity contribution in [2.24, 2.45) is 22.2 Å². The maximum atomic E-state index is 6.07. The Balaban J connectivity index is 1.22. The van der Waals surface area contributed by atoms with Crippen molar-refractivity contribution in [3.8, 4) is 0 Å². The summed E-state index contributed by atoms with van der Waals surface area (Å²) in [6, 6.07) is 0.546. The fraction of sp³-hybridized carbons (Fsp3) is 0.947. The van der Waals surface area contributed by atoms with E-state index in [1.807, 2.05) is 7.05 Å². The molecule has 3 aliphatic carbocycles. The lowest BCUT2D eigenvalue weighted by Crippen LogP contribution is -2.69. The van der Waals surface area contributed by atoms with Gasteiger partial charge in [-0.3, -0.25) is 4.99 Å². The van der Waals surface area contributed by atoms with E-state index < -0.39 is 0 Å². The number of hydrogen-bond acceptors (Lipinski definition) is 3. The second-order valence-corrected chi connectivity index (χ2v) is 8.18. The van der Waals surface area contributed by atoms with Gasteiger partial charge in [0.15, 0.2) is 5.96 Å². The average molecular weight is 335 g/mol. The molecular formula is C19H33N3O2. The molecule has 1 heterocycles. The summed E-state index contributed by atoms with van der Waals surface area (Å²) < 4.78 is 11.8.